The van der Waals surface area contributed by atoms with E-state index in [2.05, 4.69) is 0 Å². The molecule has 0 atom stereocenters. The van der Waals surface area contributed by atoms with Crippen molar-refractivity contribution in [3.63, 3.8) is 0 Å². The standard InChI is InChI=1S/C14H10Cl2F3NO/c15-12-4-3-10(6-13(12)16)21-9-2-1-8(7-20)11(5-9)14(17,18)19/h1-6H,7,20H2. The van der Waals surface area contributed by atoms with Crippen LogP contribution < -0.4 is 10.5 Å². The first-order chi connectivity index (χ1) is 9.81. The summed E-state index contributed by atoms with van der Waals surface area (Å²) in [6, 6.07) is 8.05. The van der Waals surface area contributed by atoms with Crippen LogP contribution in [0.25, 0.3) is 0 Å². The SMILES string of the molecule is NCc1ccc(Oc2ccc(Cl)c(Cl)c2)cc1C(F)(F)F. The normalized spacial score (nSPS) is 11.5. The predicted octanol–water partition coefficient (Wildman–Crippen LogP) is 5.26. The van der Waals surface area contributed by atoms with Gasteiger partial charge < -0.3 is 10.5 Å². The lowest BCUT2D eigenvalue weighted by molar-refractivity contribution is -0.138. The van der Waals surface area contributed by atoms with Gasteiger partial charge in [-0.3, -0.25) is 0 Å². The molecular weight excluding hydrogens is 326 g/mol. The highest BCUT2D eigenvalue weighted by Crippen LogP contribution is 2.36. The first-order valence-electron chi connectivity index (χ1n) is 5.84. The molecule has 2 aromatic rings. The fraction of sp³-hybridized carbons (Fsp3) is 0.143. The third-order valence-corrected chi connectivity index (χ3v) is 3.47. The van der Waals surface area contributed by atoms with Crippen molar-refractivity contribution >= 4 is 23.2 Å². The summed E-state index contributed by atoms with van der Waals surface area (Å²) in [4.78, 5) is 0. The molecule has 0 aliphatic heterocycles. The van der Waals surface area contributed by atoms with Crippen LogP contribution >= 0.6 is 23.2 Å². The van der Waals surface area contributed by atoms with Crippen molar-refractivity contribution in [3.8, 4) is 11.5 Å². The molecule has 0 aliphatic carbocycles. The Bertz CT molecular complexity index is 659. The van der Waals surface area contributed by atoms with E-state index >= 15 is 0 Å². The van der Waals surface area contributed by atoms with Crippen LogP contribution in [0.5, 0.6) is 11.5 Å². The summed E-state index contributed by atoms with van der Waals surface area (Å²) in [6.07, 6.45) is -4.49. The highest BCUT2D eigenvalue weighted by molar-refractivity contribution is 6.42. The monoisotopic (exact) mass is 335 g/mol. The zero-order chi connectivity index (χ0) is 15.6. The van der Waals surface area contributed by atoms with Crippen molar-refractivity contribution in [2.45, 2.75) is 12.7 Å². The molecule has 0 saturated heterocycles. The van der Waals surface area contributed by atoms with Gasteiger partial charge in [0.1, 0.15) is 11.5 Å². The Kier molecular flexibility index (Phi) is 4.66. The molecule has 0 fully saturated rings. The lowest BCUT2D eigenvalue weighted by Crippen LogP contribution is -2.11. The van der Waals surface area contributed by atoms with Crippen LogP contribution in [0.4, 0.5) is 13.2 Å². The fourth-order valence-corrected chi connectivity index (χ4v) is 2.03. The zero-order valence-electron chi connectivity index (χ0n) is 10.5. The maximum absolute atomic E-state index is 12.9. The van der Waals surface area contributed by atoms with E-state index in [0.29, 0.717) is 5.02 Å². The predicted molar refractivity (Wildman–Crippen MR) is 75.9 cm³/mol. The van der Waals surface area contributed by atoms with Crippen molar-refractivity contribution in [1.29, 1.82) is 0 Å². The second-order valence-corrected chi connectivity index (χ2v) is 5.01. The number of rotatable bonds is 3. The number of ether oxygens (including phenoxy) is 1. The van der Waals surface area contributed by atoms with E-state index in [0.717, 1.165) is 6.07 Å². The Morgan fingerprint density at radius 2 is 1.57 bits per heavy atom. The van der Waals surface area contributed by atoms with E-state index < -0.39 is 11.7 Å². The van der Waals surface area contributed by atoms with Crippen molar-refractivity contribution in [2.75, 3.05) is 0 Å². The van der Waals surface area contributed by atoms with E-state index in [9.17, 15) is 13.2 Å². The molecule has 0 amide bonds. The first kappa shape index (κ1) is 15.9. The molecule has 0 aliphatic rings. The average Bonchev–Trinajstić information content (AvgIpc) is 2.42. The maximum atomic E-state index is 12.9. The Balaban J connectivity index is 2.34. The number of hydrogen-bond acceptors (Lipinski definition) is 2. The van der Waals surface area contributed by atoms with Crippen LogP contribution in [0.3, 0.4) is 0 Å². The Morgan fingerprint density at radius 3 is 2.14 bits per heavy atom. The van der Waals surface area contributed by atoms with Crippen LogP contribution in [0.1, 0.15) is 11.1 Å². The summed E-state index contributed by atoms with van der Waals surface area (Å²) >= 11 is 11.6. The van der Waals surface area contributed by atoms with Crippen LogP contribution in [0, 0.1) is 0 Å². The molecule has 0 saturated carbocycles. The van der Waals surface area contributed by atoms with Crippen molar-refractivity contribution in [2.24, 2.45) is 5.73 Å². The van der Waals surface area contributed by atoms with Crippen molar-refractivity contribution in [3.05, 3.63) is 57.6 Å². The quantitative estimate of drug-likeness (QED) is 0.829. The van der Waals surface area contributed by atoms with Gasteiger partial charge in [-0.1, -0.05) is 29.3 Å². The Hall–Kier alpha value is -1.43. The minimum absolute atomic E-state index is 0.00369. The first-order valence-corrected chi connectivity index (χ1v) is 6.60. The molecule has 0 bridgehead atoms. The third-order valence-electron chi connectivity index (χ3n) is 2.73. The molecule has 7 heteroatoms. The molecule has 2 nitrogen and oxygen atoms in total. The smallest absolute Gasteiger partial charge is 0.416 e. The van der Waals surface area contributed by atoms with Gasteiger partial charge in [0, 0.05) is 12.6 Å². The van der Waals surface area contributed by atoms with E-state index in [1.165, 1.54) is 30.3 Å². The van der Waals surface area contributed by atoms with Gasteiger partial charge in [-0.2, -0.15) is 13.2 Å². The highest BCUT2D eigenvalue weighted by Gasteiger charge is 2.33. The van der Waals surface area contributed by atoms with E-state index in [1.54, 1.807) is 0 Å². The summed E-state index contributed by atoms with van der Waals surface area (Å²) in [7, 11) is 0. The number of benzene rings is 2. The highest BCUT2D eigenvalue weighted by atomic mass is 35.5. The van der Waals surface area contributed by atoms with Gasteiger partial charge in [0.05, 0.1) is 15.6 Å². The van der Waals surface area contributed by atoms with Gasteiger partial charge in [-0.05, 0) is 29.8 Å². The minimum Gasteiger partial charge on any atom is -0.457 e. The summed E-state index contributed by atoms with van der Waals surface area (Å²) in [6.45, 7) is -0.206. The largest absolute Gasteiger partial charge is 0.457 e. The molecule has 0 radical (unpaired) electrons. The molecule has 0 unspecified atom stereocenters. The van der Waals surface area contributed by atoms with Gasteiger partial charge in [0.25, 0.3) is 0 Å². The number of alkyl halides is 3. The number of halogens is 5. The Labute approximate surface area is 129 Å². The molecule has 0 heterocycles. The maximum Gasteiger partial charge on any atom is 0.416 e. The van der Waals surface area contributed by atoms with Crippen LogP contribution in [-0.2, 0) is 12.7 Å². The van der Waals surface area contributed by atoms with Crippen LogP contribution in [-0.4, -0.2) is 0 Å². The second-order valence-electron chi connectivity index (χ2n) is 4.20. The second kappa shape index (κ2) is 6.13. The van der Waals surface area contributed by atoms with E-state index in [-0.39, 0.29) is 28.6 Å². The minimum atomic E-state index is -4.49. The zero-order valence-corrected chi connectivity index (χ0v) is 12.1. The van der Waals surface area contributed by atoms with Gasteiger partial charge in [0.2, 0.25) is 0 Å². The number of hydrogen-bond donors (Lipinski definition) is 1. The van der Waals surface area contributed by atoms with Crippen molar-refractivity contribution < 1.29 is 17.9 Å². The summed E-state index contributed by atoms with van der Waals surface area (Å²) in [5, 5.41) is 0.585. The topological polar surface area (TPSA) is 35.2 Å². The lowest BCUT2D eigenvalue weighted by Gasteiger charge is -2.14. The van der Waals surface area contributed by atoms with Gasteiger partial charge in [-0.15, -0.1) is 0 Å². The van der Waals surface area contributed by atoms with Crippen molar-refractivity contribution in [1.82, 2.24) is 0 Å². The van der Waals surface area contributed by atoms with Crippen LogP contribution in [0.2, 0.25) is 10.0 Å². The van der Waals surface area contributed by atoms with E-state index in [1.807, 2.05) is 0 Å². The molecule has 112 valence electrons. The van der Waals surface area contributed by atoms with Gasteiger partial charge in [-0.25, -0.2) is 0 Å². The molecule has 2 N–H and O–H groups in total. The average molecular weight is 336 g/mol. The Morgan fingerprint density at radius 1 is 0.952 bits per heavy atom. The van der Waals surface area contributed by atoms with Crippen LogP contribution in [0.15, 0.2) is 36.4 Å². The van der Waals surface area contributed by atoms with E-state index in [4.69, 9.17) is 33.7 Å². The molecule has 2 aromatic carbocycles. The summed E-state index contributed by atoms with van der Waals surface area (Å²) in [5.74, 6) is 0.330. The number of nitrogens with two attached hydrogens (primary N) is 1. The van der Waals surface area contributed by atoms with Gasteiger partial charge >= 0.3 is 6.18 Å². The molecule has 0 aromatic heterocycles. The fourth-order valence-electron chi connectivity index (χ4n) is 1.74. The molecule has 2 rings (SSSR count). The molecule has 21 heavy (non-hydrogen) atoms. The lowest BCUT2D eigenvalue weighted by atomic mass is 10.1. The summed E-state index contributed by atoms with van der Waals surface area (Å²) in [5.41, 5.74) is 4.50. The third kappa shape index (κ3) is 3.81. The molecular formula is C14H10Cl2F3NO. The summed E-state index contributed by atoms with van der Waals surface area (Å²) < 4.78 is 44.1. The van der Waals surface area contributed by atoms with Gasteiger partial charge in [0.15, 0.2) is 0 Å². The molecule has 0 spiro atoms.